The van der Waals surface area contributed by atoms with Crippen LogP contribution in [0.5, 0.6) is 5.75 Å². The predicted molar refractivity (Wildman–Crippen MR) is 152 cm³/mol. The molecule has 1 atom stereocenters. The van der Waals surface area contributed by atoms with Crippen LogP contribution in [-0.4, -0.2) is 69.1 Å². The Balaban J connectivity index is 1.72. The van der Waals surface area contributed by atoms with Gasteiger partial charge in [-0.2, -0.15) is 5.10 Å². The summed E-state index contributed by atoms with van der Waals surface area (Å²) in [6.45, 7) is 7.65. The Morgan fingerprint density at radius 2 is 1.98 bits per heavy atom. The van der Waals surface area contributed by atoms with Crippen molar-refractivity contribution in [2.45, 2.75) is 89.8 Å². The number of likely N-dealkylation sites (tertiary alicyclic amines) is 2. The van der Waals surface area contributed by atoms with Gasteiger partial charge in [-0.05, 0) is 66.4 Å². The topological polar surface area (TPSA) is 86.1 Å². The third-order valence-electron chi connectivity index (χ3n) is 7.17. The molecule has 40 heavy (non-hydrogen) atoms. The van der Waals surface area contributed by atoms with Crippen LogP contribution in [-0.2, 0) is 15.1 Å². The van der Waals surface area contributed by atoms with Gasteiger partial charge in [0.1, 0.15) is 29.3 Å². The third kappa shape index (κ3) is 5.06. The summed E-state index contributed by atoms with van der Waals surface area (Å²) in [6.07, 6.45) is -5.85. The summed E-state index contributed by atoms with van der Waals surface area (Å²) in [4.78, 5) is 28.4. The highest BCUT2D eigenvalue weighted by molar-refractivity contribution is 5.75. The van der Waals surface area contributed by atoms with Gasteiger partial charge in [-0.3, -0.25) is 4.68 Å². The van der Waals surface area contributed by atoms with Gasteiger partial charge in [0.15, 0.2) is 0 Å². The number of benzene rings is 1. The zero-order valence-electron chi connectivity index (χ0n) is 31.7. The molecule has 1 aromatic carbocycles. The van der Waals surface area contributed by atoms with E-state index in [9.17, 15) is 16.4 Å². The molecule has 216 valence electrons. The number of amides is 2. The molecule has 1 aromatic heterocycles. The van der Waals surface area contributed by atoms with E-state index < -0.39 is 73.3 Å². The summed E-state index contributed by atoms with van der Waals surface area (Å²) in [5, 5.41) is 4.73. The Morgan fingerprint density at radius 1 is 1.25 bits per heavy atom. The second-order valence-electron chi connectivity index (χ2n) is 11.8. The van der Waals surface area contributed by atoms with Gasteiger partial charge in [-0.15, -0.1) is 0 Å². The monoisotopic (exact) mass is 558 g/mol. The highest BCUT2D eigenvalue weighted by atomic mass is 16.6. The molecule has 5 rings (SSSR count). The van der Waals surface area contributed by atoms with Crippen LogP contribution in [0, 0.1) is 6.85 Å². The molecule has 2 aromatic rings. The molecule has 2 amide bonds. The maximum atomic E-state index is 13.2. The Hall–Kier alpha value is -3.49. The fourth-order valence-electron chi connectivity index (χ4n) is 5.33. The van der Waals surface area contributed by atoms with Crippen molar-refractivity contribution in [3.05, 3.63) is 48.2 Å². The molecule has 0 radical (unpaired) electrons. The standard InChI is InChI=1S/C31H42N4O5/c1-8-19-38-27(36)33-17-14-31(15-18-33)25-21(2)35(32-26(25)23-11-9-10-12-24(23)39-31)22-13-16-34(30(6,7)20-22)28(37)40-29(3,4)5/h8-12,22H,1,13-20H2,2-7H3/i2D3,14D2,15D2,22D. The van der Waals surface area contributed by atoms with Crippen LogP contribution in [0.1, 0.15) is 88.4 Å². The zero-order valence-corrected chi connectivity index (χ0v) is 23.7. The zero-order chi connectivity index (χ0) is 35.9. The number of aromatic nitrogens is 2. The smallest absolute Gasteiger partial charge is 0.410 e. The molecule has 2 saturated heterocycles. The van der Waals surface area contributed by atoms with Crippen molar-refractivity contribution in [3.8, 4) is 17.0 Å². The number of rotatable bonds is 3. The SMILES string of the molecule is [2H]C([2H])([2H])c1c2c(nn1C1([2H])CCN(C(=O)OC(C)(C)C)C(C)(C)C1)-c1ccccc1OC21C([2H])([2H])CN(C(=O)OCC=C)CC1([2H])[2H]. The van der Waals surface area contributed by atoms with E-state index in [1.54, 1.807) is 52.8 Å². The van der Waals surface area contributed by atoms with Crippen molar-refractivity contribution >= 4 is 12.2 Å². The fourth-order valence-corrected chi connectivity index (χ4v) is 5.33. The van der Waals surface area contributed by atoms with Crippen molar-refractivity contribution in [2.75, 3.05) is 26.2 Å². The number of hydrogen-bond donors (Lipinski definition) is 0. The molecule has 1 spiro atoms. The van der Waals surface area contributed by atoms with E-state index in [4.69, 9.17) is 23.4 Å². The largest absolute Gasteiger partial charge is 0.482 e. The molecule has 9 nitrogen and oxygen atoms in total. The van der Waals surface area contributed by atoms with Gasteiger partial charge in [-0.25, -0.2) is 9.59 Å². The summed E-state index contributed by atoms with van der Waals surface area (Å²) in [5.41, 5.74) is -5.01. The Kier molecular flexibility index (Phi) is 4.97. The number of piperidine rings is 2. The number of para-hydroxylation sites is 1. The van der Waals surface area contributed by atoms with Crippen molar-refractivity contribution in [1.82, 2.24) is 19.6 Å². The third-order valence-corrected chi connectivity index (χ3v) is 7.17. The molecule has 0 aliphatic carbocycles. The number of carbonyl (C=O) groups excluding carboxylic acids is 2. The maximum Gasteiger partial charge on any atom is 0.410 e. The molecule has 0 saturated carbocycles. The highest BCUT2D eigenvalue weighted by Crippen LogP contribution is 2.51. The van der Waals surface area contributed by atoms with Gasteiger partial charge in [0, 0.05) is 64.3 Å². The van der Waals surface area contributed by atoms with E-state index >= 15 is 0 Å². The van der Waals surface area contributed by atoms with Crippen molar-refractivity contribution < 1.29 is 34.8 Å². The van der Waals surface area contributed by atoms with Crippen LogP contribution in [0.15, 0.2) is 36.9 Å². The van der Waals surface area contributed by atoms with Crippen molar-refractivity contribution in [2.24, 2.45) is 0 Å². The maximum absolute atomic E-state index is 13.2. The molecule has 1 unspecified atom stereocenters. The van der Waals surface area contributed by atoms with Crippen LogP contribution in [0.2, 0.25) is 0 Å². The second-order valence-corrected chi connectivity index (χ2v) is 11.8. The Labute approximate surface area is 248 Å². The molecule has 0 bridgehead atoms. The van der Waals surface area contributed by atoms with Crippen LogP contribution in [0.25, 0.3) is 11.3 Å². The normalized spacial score (nSPS) is 28.8. The van der Waals surface area contributed by atoms with Gasteiger partial charge in [0.2, 0.25) is 0 Å². The first kappa shape index (κ1) is 19.6. The predicted octanol–water partition coefficient (Wildman–Crippen LogP) is 6.22. The number of fused-ring (bicyclic) bond motifs is 4. The molecular weight excluding hydrogens is 508 g/mol. The lowest BCUT2D eigenvalue weighted by Crippen LogP contribution is -2.54. The van der Waals surface area contributed by atoms with Crippen LogP contribution in [0.3, 0.4) is 0 Å². The first-order chi connectivity index (χ1) is 21.9. The quantitative estimate of drug-likeness (QED) is 0.416. The van der Waals surface area contributed by atoms with E-state index in [2.05, 4.69) is 6.58 Å². The lowest BCUT2D eigenvalue weighted by Gasteiger charge is -2.46. The number of carbonyl (C=O) groups is 2. The van der Waals surface area contributed by atoms with Gasteiger partial charge in [-0.1, -0.05) is 24.8 Å². The fraction of sp³-hybridized carbons (Fsp3) is 0.581. The Bertz CT molecular complexity index is 1620. The molecule has 0 N–H and O–H groups in total. The summed E-state index contributed by atoms with van der Waals surface area (Å²) in [7, 11) is 0. The summed E-state index contributed by atoms with van der Waals surface area (Å²) >= 11 is 0. The lowest BCUT2D eigenvalue weighted by atomic mass is 9.79. The van der Waals surface area contributed by atoms with E-state index in [0.29, 0.717) is 5.56 Å². The van der Waals surface area contributed by atoms with Crippen molar-refractivity contribution in [3.63, 3.8) is 0 Å². The minimum absolute atomic E-state index is 0.0258. The average molecular weight is 559 g/mol. The van der Waals surface area contributed by atoms with Gasteiger partial charge < -0.3 is 24.0 Å². The Morgan fingerprint density at radius 3 is 2.62 bits per heavy atom. The van der Waals surface area contributed by atoms with E-state index in [1.165, 1.54) is 17.0 Å². The minimum atomic E-state index is -3.03. The lowest BCUT2D eigenvalue weighted by molar-refractivity contribution is -0.0145. The van der Waals surface area contributed by atoms with Gasteiger partial charge in [0.25, 0.3) is 0 Å². The van der Waals surface area contributed by atoms with Gasteiger partial charge in [0.05, 0.1) is 7.39 Å². The molecule has 9 heteroatoms. The minimum Gasteiger partial charge on any atom is -0.482 e. The summed E-state index contributed by atoms with van der Waals surface area (Å²) in [6, 6.07) is 4.64. The molecule has 2 fully saturated rings. The molecule has 3 aliphatic rings. The highest BCUT2D eigenvalue weighted by Gasteiger charge is 2.49. The van der Waals surface area contributed by atoms with E-state index in [-0.39, 0.29) is 43.0 Å². The summed E-state index contributed by atoms with van der Waals surface area (Å²) < 4.78 is 91.3. The average Bonchev–Trinajstić information content (AvgIpc) is 3.35. The second kappa shape index (κ2) is 10.2. The van der Waals surface area contributed by atoms with E-state index in [0.717, 1.165) is 9.58 Å². The first-order valence-electron chi connectivity index (χ1n) is 17.4. The first-order valence-corrected chi connectivity index (χ1v) is 13.4. The molecule has 4 heterocycles. The number of ether oxygens (including phenoxy) is 3. The van der Waals surface area contributed by atoms with Crippen LogP contribution < -0.4 is 4.74 Å². The van der Waals surface area contributed by atoms with Gasteiger partial charge >= 0.3 is 12.2 Å². The molecule has 3 aliphatic heterocycles. The molecular formula is C31H42N4O5. The van der Waals surface area contributed by atoms with E-state index in [1.807, 2.05) is 0 Å². The van der Waals surface area contributed by atoms with Crippen LogP contribution in [0.4, 0.5) is 9.59 Å². The van der Waals surface area contributed by atoms with Crippen molar-refractivity contribution in [1.29, 1.82) is 0 Å². The van der Waals surface area contributed by atoms with Crippen LogP contribution >= 0.6 is 0 Å². The number of hydrogen-bond acceptors (Lipinski definition) is 6. The summed E-state index contributed by atoms with van der Waals surface area (Å²) in [5.74, 6) is 0.0706. The number of nitrogens with zero attached hydrogens (tertiary/aromatic N) is 4.